The fourth-order valence-electron chi connectivity index (χ4n) is 3.76. The maximum atomic E-state index is 12.4. The van der Waals surface area contributed by atoms with Crippen LogP contribution in [0.5, 0.6) is 5.75 Å². The van der Waals surface area contributed by atoms with Crippen molar-refractivity contribution in [1.82, 2.24) is 10.3 Å². The van der Waals surface area contributed by atoms with E-state index >= 15 is 0 Å². The number of carbonyl (C=O) groups excluding carboxylic acids is 1. The summed E-state index contributed by atoms with van der Waals surface area (Å²) in [5.74, 6) is 0.211. The van der Waals surface area contributed by atoms with Gasteiger partial charge in [-0.15, -0.1) is 11.3 Å². The first-order valence-corrected chi connectivity index (χ1v) is 12.0. The van der Waals surface area contributed by atoms with E-state index in [9.17, 15) is 9.59 Å². The van der Waals surface area contributed by atoms with Crippen molar-refractivity contribution in [3.63, 3.8) is 0 Å². The average Bonchev–Trinajstić information content (AvgIpc) is 3.37. The van der Waals surface area contributed by atoms with Gasteiger partial charge in [0.2, 0.25) is 0 Å². The summed E-state index contributed by atoms with van der Waals surface area (Å²) in [5, 5.41) is 6.69. The molecule has 35 heavy (non-hydrogen) atoms. The number of aryl methyl sites for hydroxylation is 1. The van der Waals surface area contributed by atoms with Gasteiger partial charge in [0.1, 0.15) is 16.3 Å². The zero-order valence-electron chi connectivity index (χ0n) is 19.0. The van der Waals surface area contributed by atoms with Gasteiger partial charge < -0.3 is 14.5 Å². The Kier molecular flexibility index (Phi) is 6.41. The van der Waals surface area contributed by atoms with Gasteiger partial charge in [0.25, 0.3) is 5.91 Å². The van der Waals surface area contributed by atoms with Crippen LogP contribution in [0.2, 0.25) is 0 Å². The third-order valence-electron chi connectivity index (χ3n) is 5.53. The number of benzene rings is 3. The lowest BCUT2D eigenvalue weighted by molar-refractivity contribution is -0.123. The Hall–Kier alpha value is -4.23. The quantitative estimate of drug-likeness (QED) is 0.306. The molecule has 0 radical (unpaired) electrons. The van der Waals surface area contributed by atoms with E-state index in [4.69, 9.17) is 14.1 Å². The number of aromatic nitrogens is 1. The number of rotatable bonds is 7. The van der Waals surface area contributed by atoms with Gasteiger partial charge in [-0.05, 0) is 36.2 Å². The Morgan fingerprint density at radius 3 is 2.69 bits per heavy atom. The zero-order chi connectivity index (χ0) is 24.2. The SMILES string of the molecule is Cc1cc(=O)oc2cc(OCC(=O)NCc3cccc(-c4nc(-c5ccccc5)cs4)c3)ccc12. The number of ether oxygens (including phenoxy) is 1. The fourth-order valence-corrected chi connectivity index (χ4v) is 4.58. The van der Waals surface area contributed by atoms with Gasteiger partial charge in [-0.25, -0.2) is 9.78 Å². The van der Waals surface area contributed by atoms with Gasteiger partial charge in [0.05, 0.1) is 5.69 Å². The molecule has 2 heterocycles. The Balaban J connectivity index is 1.19. The third kappa shape index (κ3) is 5.31. The van der Waals surface area contributed by atoms with Crippen LogP contribution >= 0.6 is 11.3 Å². The first-order valence-electron chi connectivity index (χ1n) is 11.1. The molecule has 0 atom stereocenters. The van der Waals surface area contributed by atoms with Gasteiger partial charge in [0, 0.05) is 40.6 Å². The predicted octanol–water partition coefficient (Wildman–Crippen LogP) is 5.59. The molecule has 0 spiro atoms. The second kappa shape index (κ2) is 9.95. The Morgan fingerprint density at radius 1 is 1.00 bits per heavy atom. The van der Waals surface area contributed by atoms with Crippen molar-refractivity contribution in [3.8, 4) is 27.6 Å². The summed E-state index contributed by atoms with van der Waals surface area (Å²) in [6.07, 6.45) is 0. The van der Waals surface area contributed by atoms with Crippen LogP contribution in [0, 0.1) is 6.92 Å². The summed E-state index contributed by atoms with van der Waals surface area (Å²) in [7, 11) is 0. The van der Waals surface area contributed by atoms with Gasteiger partial charge in [0.15, 0.2) is 6.61 Å². The Morgan fingerprint density at radius 2 is 1.83 bits per heavy atom. The number of carbonyl (C=O) groups is 1. The minimum absolute atomic E-state index is 0.145. The number of nitrogens with one attached hydrogen (secondary N) is 1. The van der Waals surface area contributed by atoms with Crippen LogP contribution in [0.4, 0.5) is 0 Å². The number of thiazole rings is 1. The van der Waals surface area contributed by atoms with Crippen LogP contribution in [-0.2, 0) is 11.3 Å². The second-order valence-electron chi connectivity index (χ2n) is 8.08. The van der Waals surface area contributed by atoms with Crippen molar-refractivity contribution in [2.45, 2.75) is 13.5 Å². The van der Waals surface area contributed by atoms with Crippen molar-refractivity contribution in [1.29, 1.82) is 0 Å². The summed E-state index contributed by atoms with van der Waals surface area (Å²) < 4.78 is 10.8. The van der Waals surface area contributed by atoms with E-state index in [-0.39, 0.29) is 12.5 Å². The fraction of sp³-hybridized carbons (Fsp3) is 0.107. The summed E-state index contributed by atoms with van der Waals surface area (Å²) in [6, 6.07) is 24.7. The molecule has 2 aromatic heterocycles. The van der Waals surface area contributed by atoms with Crippen molar-refractivity contribution in [2.75, 3.05) is 6.61 Å². The molecule has 0 unspecified atom stereocenters. The molecule has 3 aromatic carbocycles. The lowest BCUT2D eigenvalue weighted by Crippen LogP contribution is -2.28. The molecule has 0 saturated carbocycles. The number of fused-ring (bicyclic) bond motifs is 1. The van der Waals surface area contributed by atoms with Crippen molar-refractivity contribution < 1.29 is 13.9 Å². The number of hydrogen-bond acceptors (Lipinski definition) is 6. The van der Waals surface area contributed by atoms with Gasteiger partial charge in [-0.2, -0.15) is 0 Å². The minimum Gasteiger partial charge on any atom is -0.484 e. The summed E-state index contributed by atoms with van der Waals surface area (Å²) in [4.78, 5) is 28.7. The highest BCUT2D eigenvalue weighted by Crippen LogP contribution is 2.29. The Labute approximate surface area is 205 Å². The average molecular weight is 483 g/mol. The molecule has 1 N–H and O–H groups in total. The van der Waals surface area contributed by atoms with E-state index in [1.165, 1.54) is 6.07 Å². The van der Waals surface area contributed by atoms with Crippen molar-refractivity contribution >= 4 is 28.2 Å². The molecule has 0 fully saturated rings. The topological polar surface area (TPSA) is 81.4 Å². The monoisotopic (exact) mass is 482 g/mol. The maximum Gasteiger partial charge on any atom is 0.336 e. The maximum absolute atomic E-state index is 12.4. The molecule has 0 aliphatic heterocycles. The van der Waals surface area contributed by atoms with Crippen LogP contribution in [0.3, 0.4) is 0 Å². The largest absolute Gasteiger partial charge is 0.484 e. The second-order valence-corrected chi connectivity index (χ2v) is 8.93. The third-order valence-corrected chi connectivity index (χ3v) is 6.42. The normalized spacial score (nSPS) is 10.9. The van der Waals surface area contributed by atoms with E-state index in [0.29, 0.717) is 17.9 Å². The number of nitrogens with zero attached hydrogens (tertiary/aromatic N) is 1. The smallest absolute Gasteiger partial charge is 0.336 e. The van der Waals surface area contributed by atoms with E-state index in [1.807, 2.05) is 67.6 Å². The number of hydrogen-bond donors (Lipinski definition) is 1. The summed E-state index contributed by atoms with van der Waals surface area (Å²) >= 11 is 1.59. The van der Waals surface area contributed by atoms with E-state index < -0.39 is 5.63 Å². The predicted molar refractivity (Wildman–Crippen MR) is 138 cm³/mol. The van der Waals surface area contributed by atoms with E-state index in [2.05, 4.69) is 10.7 Å². The lowest BCUT2D eigenvalue weighted by Gasteiger charge is -2.09. The van der Waals surface area contributed by atoms with Gasteiger partial charge >= 0.3 is 5.63 Å². The van der Waals surface area contributed by atoms with Crippen molar-refractivity contribution in [2.24, 2.45) is 0 Å². The highest BCUT2D eigenvalue weighted by atomic mass is 32.1. The van der Waals surface area contributed by atoms with Crippen LogP contribution in [0.1, 0.15) is 11.1 Å². The molecule has 5 aromatic rings. The van der Waals surface area contributed by atoms with Gasteiger partial charge in [-0.3, -0.25) is 4.79 Å². The summed E-state index contributed by atoms with van der Waals surface area (Å²) in [5.41, 5.74) is 4.86. The molecule has 0 aliphatic rings. The number of amides is 1. The van der Waals surface area contributed by atoms with Crippen LogP contribution in [0.15, 0.2) is 93.5 Å². The van der Waals surface area contributed by atoms with Crippen molar-refractivity contribution in [3.05, 3.63) is 106 Å². The first kappa shape index (κ1) is 22.6. The Bertz CT molecular complexity index is 1560. The van der Waals surface area contributed by atoms with E-state index in [1.54, 1.807) is 23.5 Å². The molecule has 7 heteroatoms. The van der Waals surface area contributed by atoms with E-state index in [0.717, 1.165) is 38.3 Å². The molecule has 0 saturated heterocycles. The van der Waals surface area contributed by atoms with Crippen LogP contribution < -0.4 is 15.7 Å². The molecule has 174 valence electrons. The first-order chi connectivity index (χ1) is 17.0. The highest BCUT2D eigenvalue weighted by Gasteiger charge is 2.09. The van der Waals surface area contributed by atoms with Crippen LogP contribution in [0.25, 0.3) is 32.8 Å². The lowest BCUT2D eigenvalue weighted by atomic mass is 10.1. The molecule has 0 bridgehead atoms. The molecule has 1 amide bonds. The molecular weight excluding hydrogens is 460 g/mol. The molecule has 5 rings (SSSR count). The summed E-state index contributed by atoms with van der Waals surface area (Å²) in [6.45, 7) is 2.08. The molecule has 0 aliphatic carbocycles. The van der Waals surface area contributed by atoms with Crippen LogP contribution in [-0.4, -0.2) is 17.5 Å². The molecular formula is C28H22N2O4S. The van der Waals surface area contributed by atoms with Gasteiger partial charge in [-0.1, -0.05) is 48.5 Å². The highest BCUT2D eigenvalue weighted by molar-refractivity contribution is 7.13. The molecule has 6 nitrogen and oxygen atoms in total. The standard InChI is InChI=1S/C28H22N2O4S/c1-18-12-27(32)34-25-14-22(10-11-23(18)25)33-16-26(31)29-15-19-6-5-9-21(13-19)28-30-24(17-35-28)20-7-3-2-4-8-20/h2-14,17H,15-16H2,1H3,(H,29,31). The zero-order valence-corrected chi connectivity index (χ0v) is 19.8. The minimum atomic E-state index is -0.416.